The third-order valence-electron chi connectivity index (χ3n) is 3.37. The molecule has 1 aliphatic heterocycles. The SMILES string of the molecule is O=C(CN1CCCC1CO)Nc1ccc(F)c(F)c1F. The van der Waals surface area contributed by atoms with Crippen LogP contribution in [0.5, 0.6) is 0 Å². The molecule has 1 heterocycles. The van der Waals surface area contributed by atoms with Gasteiger partial charge in [-0.05, 0) is 31.5 Å². The van der Waals surface area contributed by atoms with Crippen LogP contribution in [0.4, 0.5) is 18.9 Å². The van der Waals surface area contributed by atoms with E-state index in [0.717, 1.165) is 25.0 Å². The maximum absolute atomic E-state index is 13.4. The molecule has 20 heavy (non-hydrogen) atoms. The van der Waals surface area contributed by atoms with E-state index in [1.807, 2.05) is 0 Å². The number of benzene rings is 1. The molecule has 1 aromatic carbocycles. The van der Waals surface area contributed by atoms with Gasteiger partial charge in [0.05, 0.1) is 18.8 Å². The number of anilines is 1. The van der Waals surface area contributed by atoms with Crippen molar-refractivity contribution in [3.8, 4) is 0 Å². The summed E-state index contributed by atoms with van der Waals surface area (Å²) >= 11 is 0. The van der Waals surface area contributed by atoms with Crippen LogP contribution in [-0.2, 0) is 4.79 Å². The molecule has 1 unspecified atom stereocenters. The molecule has 4 nitrogen and oxygen atoms in total. The van der Waals surface area contributed by atoms with Crippen molar-refractivity contribution in [1.82, 2.24) is 4.90 Å². The zero-order valence-corrected chi connectivity index (χ0v) is 10.7. The number of nitrogens with zero attached hydrogens (tertiary/aromatic N) is 1. The van der Waals surface area contributed by atoms with Crippen LogP contribution >= 0.6 is 0 Å². The topological polar surface area (TPSA) is 52.6 Å². The van der Waals surface area contributed by atoms with Crippen LogP contribution in [0.3, 0.4) is 0 Å². The fourth-order valence-electron chi connectivity index (χ4n) is 2.31. The highest BCUT2D eigenvalue weighted by molar-refractivity contribution is 5.92. The predicted molar refractivity (Wildman–Crippen MR) is 66.6 cm³/mol. The molecule has 0 aliphatic carbocycles. The third-order valence-corrected chi connectivity index (χ3v) is 3.37. The van der Waals surface area contributed by atoms with Crippen molar-refractivity contribution < 1.29 is 23.1 Å². The minimum absolute atomic E-state index is 0.0241. The van der Waals surface area contributed by atoms with Gasteiger partial charge >= 0.3 is 0 Å². The summed E-state index contributed by atoms with van der Waals surface area (Å²) < 4.78 is 39.2. The number of rotatable bonds is 4. The van der Waals surface area contributed by atoms with E-state index < -0.39 is 29.0 Å². The van der Waals surface area contributed by atoms with E-state index in [4.69, 9.17) is 5.11 Å². The number of amides is 1. The average molecular weight is 288 g/mol. The number of carbonyl (C=O) groups excluding carboxylic acids is 1. The van der Waals surface area contributed by atoms with Crippen molar-refractivity contribution in [1.29, 1.82) is 0 Å². The normalized spacial score (nSPS) is 19.3. The fraction of sp³-hybridized carbons (Fsp3) is 0.462. The maximum atomic E-state index is 13.4. The van der Waals surface area contributed by atoms with E-state index in [9.17, 15) is 18.0 Å². The Hall–Kier alpha value is -1.60. The molecule has 1 saturated heterocycles. The Kier molecular flexibility index (Phi) is 4.61. The molecule has 110 valence electrons. The first-order valence-electron chi connectivity index (χ1n) is 6.31. The summed E-state index contributed by atoms with van der Waals surface area (Å²) in [4.78, 5) is 13.5. The summed E-state index contributed by atoms with van der Waals surface area (Å²) in [7, 11) is 0. The Bertz CT molecular complexity index is 511. The first kappa shape index (κ1) is 14.8. The standard InChI is InChI=1S/C13H15F3N2O2/c14-9-3-4-10(13(16)12(9)15)17-11(20)6-18-5-1-2-8(18)7-19/h3-4,8,19H,1-2,5-7H2,(H,17,20). The van der Waals surface area contributed by atoms with Crippen molar-refractivity contribution in [2.75, 3.05) is 25.0 Å². The Balaban J connectivity index is 2.00. The molecule has 1 fully saturated rings. The quantitative estimate of drug-likeness (QED) is 0.826. The van der Waals surface area contributed by atoms with Gasteiger partial charge in [-0.2, -0.15) is 0 Å². The molecule has 0 saturated carbocycles. The second-order valence-corrected chi connectivity index (χ2v) is 4.72. The molecule has 2 rings (SSSR count). The molecule has 0 bridgehead atoms. The van der Waals surface area contributed by atoms with Gasteiger partial charge in [-0.15, -0.1) is 0 Å². The van der Waals surface area contributed by atoms with Gasteiger partial charge in [-0.3, -0.25) is 9.69 Å². The zero-order valence-electron chi connectivity index (χ0n) is 10.7. The number of nitrogens with one attached hydrogen (secondary N) is 1. The van der Waals surface area contributed by atoms with Gasteiger partial charge in [0.1, 0.15) is 0 Å². The molecule has 1 aromatic rings. The van der Waals surface area contributed by atoms with E-state index >= 15 is 0 Å². The fourth-order valence-corrected chi connectivity index (χ4v) is 2.31. The van der Waals surface area contributed by atoms with Gasteiger partial charge in [-0.1, -0.05) is 0 Å². The van der Waals surface area contributed by atoms with E-state index in [1.165, 1.54) is 0 Å². The highest BCUT2D eigenvalue weighted by Crippen LogP contribution is 2.20. The lowest BCUT2D eigenvalue weighted by molar-refractivity contribution is -0.117. The predicted octanol–water partition coefficient (Wildman–Crippen LogP) is 1.50. The molecule has 0 radical (unpaired) electrons. The molecule has 1 amide bonds. The van der Waals surface area contributed by atoms with Crippen LogP contribution in [0.15, 0.2) is 12.1 Å². The minimum atomic E-state index is -1.61. The molecule has 2 N–H and O–H groups in total. The maximum Gasteiger partial charge on any atom is 0.238 e. The van der Waals surface area contributed by atoms with Crippen LogP contribution in [0, 0.1) is 17.5 Å². The molecular weight excluding hydrogens is 273 g/mol. The van der Waals surface area contributed by atoms with E-state index in [2.05, 4.69) is 5.32 Å². The lowest BCUT2D eigenvalue weighted by Gasteiger charge is -2.21. The van der Waals surface area contributed by atoms with Crippen LogP contribution in [0.25, 0.3) is 0 Å². The number of hydrogen-bond acceptors (Lipinski definition) is 3. The van der Waals surface area contributed by atoms with E-state index in [1.54, 1.807) is 4.90 Å². The summed E-state index contributed by atoms with van der Waals surface area (Å²) in [6.45, 7) is 0.593. The number of likely N-dealkylation sites (tertiary alicyclic amines) is 1. The molecule has 1 aliphatic rings. The number of aliphatic hydroxyl groups excluding tert-OH is 1. The van der Waals surface area contributed by atoms with Gasteiger partial charge in [0.25, 0.3) is 0 Å². The lowest BCUT2D eigenvalue weighted by Crippen LogP contribution is -2.38. The Labute approximate surface area is 114 Å². The van der Waals surface area contributed by atoms with Crippen molar-refractivity contribution in [3.63, 3.8) is 0 Å². The molecule has 1 atom stereocenters. The van der Waals surface area contributed by atoms with Gasteiger partial charge in [0.15, 0.2) is 17.5 Å². The van der Waals surface area contributed by atoms with E-state index in [-0.39, 0.29) is 19.2 Å². The summed E-state index contributed by atoms with van der Waals surface area (Å²) in [6, 6.07) is 1.63. The minimum Gasteiger partial charge on any atom is -0.395 e. The van der Waals surface area contributed by atoms with Crippen LogP contribution in [0.1, 0.15) is 12.8 Å². The summed E-state index contributed by atoms with van der Waals surface area (Å²) in [6.07, 6.45) is 1.67. The number of carbonyl (C=O) groups is 1. The number of hydrogen-bond donors (Lipinski definition) is 2. The van der Waals surface area contributed by atoms with Crippen molar-refractivity contribution in [2.45, 2.75) is 18.9 Å². The van der Waals surface area contributed by atoms with Crippen molar-refractivity contribution >= 4 is 11.6 Å². The summed E-state index contributed by atoms with van der Waals surface area (Å²) in [5, 5.41) is 11.3. The molecular formula is C13H15F3N2O2. The van der Waals surface area contributed by atoms with E-state index in [0.29, 0.717) is 6.54 Å². The number of halogens is 3. The van der Waals surface area contributed by atoms with Gasteiger partial charge in [-0.25, -0.2) is 13.2 Å². The summed E-state index contributed by atoms with van der Waals surface area (Å²) in [5.74, 6) is -4.87. The van der Waals surface area contributed by atoms with Crippen molar-refractivity contribution in [2.24, 2.45) is 0 Å². The Morgan fingerprint density at radius 3 is 2.80 bits per heavy atom. The van der Waals surface area contributed by atoms with Crippen LogP contribution in [0.2, 0.25) is 0 Å². The highest BCUT2D eigenvalue weighted by atomic mass is 19.2. The lowest BCUT2D eigenvalue weighted by atomic mass is 10.2. The molecule has 7 heteroatoms. The van der Waals surface area contributed by atoms with Gasteiger partial charge in [0.2, 0.25) is 5.91 Å². The highest BCUT2D eigenvalue weighted by Gasteiger charge is 2.26. The molecule has 0 spiro atoms. The Morgan fingerprint density at radius 2 is 2.10 bits per heavy atom. The summed E-state index contributed by atoms with van der Waals surface area (Å²) in [5.41, 5.74) is -0.395. The smallest absolute Gasteiger partial charge is 0.238 e. The van der Waals surface area contributed by atoms with Crippen LogP contribution in [-0.4, -0.2) is 41.7 Å². The second-order valence-electron chi connectivity index (χ2n) is 4.72. The zero-order chi connectivity index (χ0) is 14.7. The first-order chi connectivity index (χ1) is 9.52. The largest absolute Gasteiger partial charge is 0.395 e. The average Bonchev–Trinajstić information content (AvgIpc) is 2.86. The van der Waals surface area contributed by atoms with Crippen molar-refractivity contribution in [3.05, 3.63) is 29.6 Å². The Morgan fingerprint density at radius 1 is 1.35 bits per heavy atom. The first-order valence-corrected chi connectivity index (χ1v) is 6.31. The molecule has 0 aromatic heterocycles. The van der Waals surface area contributed by atoms with Gasteiger partial charge in [0, 0.05) is 6.04 Å². The second kappa shape index (κ2) is 6.23. The monoisotopic (exact) mass is 288 g/mol. The van der Waals surface area contributed by atoms with Gasteiger partial charge < -0.3 is 10.4 Å². The third kappa shape index (κ3) is 3.10. The van der Waals surface area contributed by atoms with Crippen LogP contribution < -0.4 is 5.32 Å². The number of aliphatic hydroxyl groups is 1.